The Morgan fingerprint density at radius 3 is 2.72 bits per heavy atom. The molecule has 2 rings (SSSR count). The van der Waals surface area contributed by atoms with E-state index in [1.807, 2.05) is 6.92 Å². The summed E-state index contributed by atoms with van der Waals surface area (Å²) >= 11 is 0. The van der Waals surface area contributed by atoms with Gasteiger partial charge in [0.05, 0.1) is 5.92 Å². The summed E-state index contributed by atoms with van der Waals surface area (Å²) in [7, 11) is 0. The summed E-state index contributed by atoms with van der Waals surface area (Å²) in [5, 5.41) is 15.4. The third-order valence-corrected chi connectivity index (χ3v) is 3.27. The highest BCUT2D eigenvalue weighted by molar-refractivity contribution is 5.90. The molecule has 1 amide bonds. The SMILES string of the molecule is Cc1nc(C(=O)N2CCC(C(=O)O)CC2C)n[nH]1. The summed E-state index contributed by atoms with van der Waals surface area (Å²) in [4.78, 5) is 28.7. The fourth-order valence-corrected chi connectivity index (χ4v) is 2.26. The Bertz CT molecular complexity index is 471. The van der Waals surface area contributed by atoms with Crippen LogP contribution >= 0.6 is 0 Å². The number of carbonyl (C=O) groups excluding carboxylic acids is 1. The maximum Gasteiger partial charge on any atom is 0.306 e. The third kappa shape index (κ3) is 2.34. The molecule has 0 radical (unpaired) electrons. The number of aryl methyl sites for hydroxylation is 1. The van der Waals surface area contributed by atoms with Crippen molar-refractivity contribution in [2.45, 2.75) is 32.7 Å². The van der Waals surface area contributed by atoms with Crippen LogP contribution in [0.2, 0.25) is 0 Å². The van der Waals surface area contributed by atoms with Gasteiger partial charge < -0.3 is 10.0 Å². The molecule has 0 aromatic carbocycles. The van der Waals surface area contributed by atoms with Gasteiger partial charge in [-0.25, -0.2) is 4.98 Å². The van der Waals surface area contributed by atoms with Crippen molar-refractivity contribution in [1.29, 1.82) is 0 Å². The molecule has 1 fully saturated rings. The fourth-order valence-electron chi connectivity index (χ4n) is 2.26. The highest BCUT2D eigenvalue weighted by Crippen LogP contribution is 2.23. The molecule has 98 valence electrons. The van der Waals surface area contributed by atoms with Gasteiger partial charge in [0.1, 0.15) is 5.82 Å². The summed E-state index contributed by atoms with van der Waals surface area (Å²) in [6, 6.07) is -0.105. The van der Waals surface area contributed by atoms with Crippen LogP contribution in [0.5, 0.6) is 0 Å². The van der Waals surface area contributed by atoms with E-state index < -0.39 is 5.97 Å². The molecule has 1 aromatic heterocycles. The number of hydrogen-bond acceptors (Lipinski definition) is 4. The summed E-state index contributed by atoms with van der Waals surface area (Å²) in [6.45, 7) is 4.01. The van der Waals surface area contributed by atoms with E-state index in [0.29, 0.717) is 25.2 Å². The highest BCUT2D eigenvalue weighted by atomic mass is 16.4. The van der Waals surface area contributed by atoms with E-state index in [0.717, 1.165) is 0 Å². The average molecular weight is 252 g/mol. The number of carboxylic acid groups (broad SMARTS) is 1. The minimum Gasteiger partial charge on any atom is -0.481 e. The lowest BCUT2D eigenvalue weighted by Gasteiger charge is -2.35. The van der Waals surface area contributed by atoms with Crippen LogP contribution in [0, 0.1) is 12.8 Å². The van der Waals surface area contributed by atoms with E-state index >= 15 is 0 Å². The zero-order valence-corrected chi connectivity index (χ0v) is 10.4. The Kier molecular flexibility index (Phi) is 3.31. The summed E-state index contributed by atoms with van der Waals surface area (Å²) in [5.74, 6) is -0.657. The van der Waals surface area contributed by atoms with Gasteiger partial charge in [0, 0.05) is 12.6 Å². The van der Waals surface area contributed by atoms with E-state index in [4.69, 9.17) is 5.11 Å². The van der Waals surface area contributed by atoms with Crippen LogP contribution in [0.3, 0.4) is 0 Å². The molecule has 0 aliphatic carbocycles. The number of nitrogens with one attached hydrogen (secondary N) is 1. The molecule has 7 nitrogen and oxygen atoms in total. The summed E-state index contributed by atoms with van der Waals surface area (Å²) in [6.07, 6.45) is 0.958. The molecule has 18 heavy (non-hydrogen) atoms. The number of aromatic amines is 1. The van der Waals surface area contributed by atoms with Crippen molar-refractivity contribution < 1.29 is 14.7 Å². The second-order valence-electron chi connectivity index (χ2n) is 4.65. The van der Waals surface area contributed by atoms with Gasteiger partial charge in [-0.15, -0.1) is 5.10 Å². The Labute approximate surface area is 104 Å². The maximum absolute atomic E-state index is 12.1. The summed E-state index contributed by atoms with van der Waals surface area (Å²) < 4.78 is 0. The monoisotopic (exact) mass is 252 g/mol. The number of piperidine rings is 1. The molecule has 2 atom stereocenters. The predicted molar refractivity (Wildman–Crippen MR) is 62.0 cm³/mol. The van der Waals surface area contributed by atoms with Crippen LogP contribution in [0.25, 0.3) is 0 Å². The lowest BCUT2D eigenvalue weighted by atomic mass is 9.91. The van der Waals surface area contributed by atoms with Gasteiger partial charge >= 0.3 is 5.97 Å². The van der Waals surface area contributed by atoms with Gasteiger partial charge in [0.15, 0.2) is 0 Å². The Morgan fingerprint density at radius 1 is 1.50 bits per heavy atom. The van der Waals surface area contributed by atoms with Crippen molar-refractivity contribution in [3.05, 3.63) is 11.6 Å². The minimum absolute atomic E-state index is 0.105. The first-order valence-corrected chi connectivity index (χ1v) is 5.92. The first-order valence-electron chi connectivity index (χ1n) is 5.92. The van der Waals surface area contributed by atoms with Gasteiger partial charge in [0.25, 0.3) is 5.91 Å². The second kappa shape index (κ2) is 4.75. The molecule has 2 unspecified atom stereocenters. The highest BCUT2D eigenvalue weighted by Gasteiger charge is 2.33. The number of aliphatic carboxylic acids is 1. The summed E-state index contributed by atoms with van der Waals surface area (Å²) in [5.41, 5.74) is 0. The van der Waals surface area contributed by atoms with Crippen molar-refractivity contribution in [3.63, 3.8) is 0 Å². The molecular weight excluding hydrogens is 236 g/mol. The molecule has 1 aromatic rings. The van der Waals surface area contributed by atoms with Crippen LogP contribution in [-0.4, -0.2) is 49.7 Å². The zero-order chi connectivity index (χ0) is 13.3. The Morgan fingerprint density at radius 2 is 2.22 bits per heavy atom. The molecule has 0 saturated carbocycles. The van der Waals surface area contributed by atoms with Gasteiger partial charge in [0.2, 0.25) is 5.82 Å². The van der Waals surface area contributed by atoms with Crippen LogP contribution in [0.4, 0.5) is 0 Å². The van der Waals surface area contributed by atoms with Gasteiger partial charge in [-0.3, -0.25) is 14.7 Å². The Hall–Kier alpha value is -1.92. The topological polar surface area (TPSA) is 99.2 Å². The number of rotatable bonds is 2. The molecule has 2 heterocycles. The predicted octanol–water partition coefficient (Wildman–Crippen LogP) is 0.438. The number of carboxylic acids is 1. The molecule has 0 spiro atoms. The van der Waals surface area contributed by atoms with E-state index in [9.17, 15) is 9.59 Å². The number of likely N-dealkylation sites (tertiary alicyclic amines) is 1. The number of nitrogens with zero attached hydrogens (tertiary/aromatic N) is 3. The quantitative estimate of drug-likeness (QED) is 0.795. The van der Waals surface area contributed by atoms with E-state index in [1.54, 1.807) is 11.8 Å². The van der Waals surface area contributed by atoms with Crippen LogP contribution in [-0.2, 0) is 4.79 Å². The number of hydrogen-bond donors (Lipinski definition) is 2. The molecule has 1 saturated heterocycles. The van der Waals surface area contributed by atoms with Gasteiger partial charge in [-0.2, -0.15) is 0 Å². The smallest absolute Gasteiger partial charge is 0.306 e. The molecule has 1 aliphatic rings. The Balaban J connectivity index is 2.07. The van der Waals surface area contributed by atoms with E-state index in [-0.39, 0.29) is 23.7 Å². The van der Waals surface area contributed by atoms with E-state index in [1.165, 1.54) is 0 Å². The minimum atomic E-state index is -0.789. The zero-order valence-electron chi connectivity index (χ0n) is 10.4. The lowest BCUT2D eigenvalue weighted by Crippen LogP contribution is -2.46. The van der Waals surface area contributed by atoms with E-state index in [2.05, 4.69) is 15.2 Å². The molecule has 0 bridgehead atoms. The van der Waals surface area contributed by atoms with Crippen LogP contribution in [0.15, 0.2) is 0 Å². The molecular formula is C11H16N4O3. The van der Waals surface area contributed by atoms with Crippen molar-refractivity contribution in [3.8, 4) is 0 Å². The average Bonchev–Trinajstić information content (AvgIpc) is 2.74. The van der Waals surface area contributed by atoms with Crippen molar-refractivity contribution in [2.75, 3.05) is 6.54 Å². The number of carbonyl (C=O) groups is 2. The maximum atomic E-state index is 12.1. The van der Waals surface area contributed by atoms with Crippen molar-refractivity contribution in [1.82, 2.24) is 20.1 Å². The van der Waals surface area contributed by atoms with Gasteiger partial charge in [-0.05, 0) is 26.7 Å². The van der Waals surface area contributed by atoms with Crippen molar-refractivity contribution >= 4 is 11.9 Å². The number of H-pyrrole nitrogens is 1. The normalized spacial score (nSPS) is 24.0. The molecule has 1 aliphatic heterocycles. The first kappa shape index (κ1) is 12.5. The fraction of sp³-hybridized carbons (Fsp3) is 0.636. The first-order chi connectivity index (χ1) is 8.49. The van der Waals surface area contributed by atoms with Crippen LogP contribution < -0.4 is 0 Å². The van der Waals surface area contributed by atoms with Gasteiger partial charge in [-0.1, -0.05) is 0 Å². The number of amides is 1. The number of aromatic nitrogens is 3. The van der Waals surface area contributed by atoms with Crippen LogP contribution in [0.1, 0.15) is 36.2 Å². The second-order valence-corrected chi connectivity index (χ2v) is 4.65. The molecule has 7 heteroatoms. The standard InChI is InChI=1S/C11H16N4O3/c1-6-5-8(11(17)18)3-4-15(6)10(16)9-12-7(2)13-14-9/h6,8H,3-5H2,1-2H3,(H,17,18)(H,12,13,14). The molecule has 2 N–H and O–H groups in total. The van der Waals surface area contributed by atoms with Crippen molar-refractivity contribution in [2.24, 2.45) is 5.92 Å². The largest absolute Gasteiger partial charge is 0.481 e. The lowest BCUT2D eigenvalue weighted by molar-refractivity contribution is -0.143. The third-order valence-electron chi connectivity index (χ3n) is 3.27.